The number of rotatable bonds is 3. The Morgan fingerprint density at radius 2 is 1.81 bits per heavy atom. The van der Waals surface area contributed by atoms with Crippen molar-refractivity contribution in [2.45, 2.75) is 6.54 Å². The monoisotopic (exact) mass is 364 g/mol. The van der Waals surface area contributed by atoms with Gasteiger partial charge in [-0.15, -0.1) is 0 Å². The third-order valence-electron chi connectivity index (χ3n) is 5.10. The standard InChI is InChI=1S/C20H20N4O3/c25-20-12-19(21-18-3-1-2-6-24(18)20)23-9-7-22(8-10-23)13-15-4-5-16-17(11-15)27-14-26-16/h1-6,11-12H,7-10,13-14H2. The van der Waals surface area contributed by atoms with E-state index in [1.165, 1.54) is 5.56 Å². The third kappa shape index (κ3) is 3.10. The number of ether oxygens (including phenoxy) is 2. The molecule has 2 aromatic heterocycles. The van der Waals surface area contributed by atoms with Crippen LogP contribution in [0.15, 0.2) is 53.5 Å². The zero-order valence-corrected chi connectivity index (χ0v) is 14.9. The SMILES string of the molecule is O=c1cc(N2CCN(Cc3ccc4c(c3)OCO4)CC2)nc2ccccn12. The molecule has 138 valence electrons. The highest BCUT2D eigenvalue weighted by molar-refractivity contribution is 5.48. The fourth-order valence-corrected chi connectivity index (χ4v) is 3.64. The van der Waals surface area contributed by atoms with Crippen LogP contribution in [0.1, 0.15) is 5.56 Å². The Balaban J connectivity index is 1.27. The topological polar surface area (TPSA) is 59.3 Å². The second-order valence-electron chi connectivity index (χ2n) is 6.83. The van der Waals surface area contributed by atoms with Gasteiger partial charge in [0.2, 0.25) is 6.79 Å². The molecule has 27 heavy (non-hydrogen) atoms. The molecule has 5 rings (SSSR count). The van der Waals surface area contributed by atoms with Gasteiger partial charge in [-0.2, -0.15) is 0 Å². The second-order valence-corrected chi connectivity index (χ2v) is 6.83. The highest BCUT2D eigenvalue weighted by atomic mass is 16.7. The summed E-state index contributed by atoms with van der Waals surface area (Å²) in [5.41, 5.74) is 1.86. The van der Waals surface area contributed by atoms with Gasteiger partial charge in [0.25, 0.3) is 5.56 Å². The molecule has 1 saturated heterocycles. The van der Waals surface area contributed by atoms with Crippen LogP contribution in [0.25, 0.3) is 5.65 Å². The number of fused-ring (bicyclic) bond motifs is 2. The average Bonchev–Trinajstić information content (AvgIpc) is 3.16. The van der Waals surface area contributed by atoms with E-state index in [9.17, 15) is 4.79 Å². The lowest BCUT2D eigenvalue weighted by molar-refractivity contribution is 0.174. The van der Waals surface area contributed by atoms with Gasteiger partial charge in [-0.3, -0.25) is 14.1 Å². The third-order valence-corrected chi connectivity index (χ3v) is 5.10. The molecule has 4 heterocycles. The van der Waals surface area contributed by atoms with Crippen molar-refractivity contribution in [3.05, 3.63) is 64.6 Å². The van der Waals surface area contributed by atoms with Crippen LogP contribution >= 0.6 is 0 Å². The Kier molecular flexibility index (Phi) is 3.94. The molecule has 7 nitrogen and oxygen atoms in total. The summed E-state index contributed by atoms with van der Waals surface area (Å²) in [5, 5.41) is 0. The van der Waals surface area contributed by atoms with Crippen molar-refractivity contribution in [2.24, 2.45) is 0 Å². The van der Waals surface area contributed by atoms with E-state index < -0.39 is 0 Å². The van der Waals surface area contributed by atoms with Crippen molar-refractivity contribution in [2.75, 3.05) is 37.9 Å². The molecule has 1 fully saturated rings. The molecule has 0 spiro atoms. The fourth-order valence-electron chi connectivity index (χ4n) is 3.64. The molecule has 2 aliphatic rings. The average molecular weight is 364 g/mol. The summed E-state index contributed by atoms with van der Waals surface area (Å²) in [6.45, 7) is 4.71. The molecule has 0 atom stereocenters. The van der Waals surface area contributed by atoms with Crippen LogP contribution in [0.2, 0.25) is 0 Å². The van der Waals surface area contributed by atoms with Crippen LogP contribution in [-0.2, 0) is 6.54 Å². The van der Waals surface area contributed by atoms with Crippen molar-refractivity contribution >= 4 is 11.5 Å². The van der Waals surface area contributed by atoms with E-state index in [-0.39, 0.29) is 5.56 Å². The fraction of sp³-hybridized carbons (Fsp3) is 0.300. The first-order valence-electron chi connectivity index (χ1n) is 9.10. The second kappa shape index (κ2) is 6.59. The quantitative estimate of drug-likeness (QED) is 0.706. The molecule has 7 heteroatoms. The number of piperazine rings is 1. The summed E-state index contributed by atoms with van der Waals surface area (Å²) in [4.78, 5) is 21.5. The molecule has 0 N–H and O–H groups in total. The largest absolute Gasteiger partial charge is 0.454 e. The minimum atomic E-state index is -0.0432. The molecular weight excluding hydrogens is 344 g/mol. The van der Waals surface area contributed by atoms with Gasteiger partial charge in [0.15, 0.2) is 11.5 Å². The Morgan fingerprint density at radius 1 is 0.963 bits per heavy atom. The van der Waals surface area contributed by atoms with E-state index in [2.05, 4.69) is 26.9 Å². The van der Waals surface area contributed by atoms with Crippen LogP contribution in [0.3, 0.4) is 0 Å². The van der Waals surface area contributed by atoms with Gasteiger partial charge in [0.1, 0.15) is 11.5 Å². The molecule has 0 amide bonds. The first-order chi connectivity index (χ1) is 13.3. The number of aromatic nitrogens is 2. The first kappa shape index (κ1) is 16.1. The lowest BCUT2D eigenvalue weighted by Crippen LogP contribution is -2.46. The van der Waals surface area contributed by atoms with E-state index in [0.717, 1.165) is 50.0 Å². The van der Waals surface area contributed by atoms with E-state index in [4.69, 9.17) is 9.47 Å². The number of nitrogens with zero attached hydrogens (tertiary/aromatic N) is 4. The number of hydrogen-bond donors (Lipinski definition) is 0. The minimum absolute atomic E-state index is 0.0432. The van der Waals surface area contributed by atoms with Crippen LogP contribution in [0.5, 0.6) is 11.5 Å². The normalized spacial score (nSPS) is 16.8. The smallest absolute Gasteiger partial charge is 0.259 e. The van der Waals surface area contributed by atoms with E-state index in [0.29, 0.717) is 12.4 Å². The van der Waals surface area contributed by atoms with Gasteiger partial charge in [0, 0.05) is 45.0 Å². The molecule has 2 aliphatic heterocycles. The van der Waals surface area contributed by atoms with E-state index in [1.807, 2.05) is 24.3 Å². The molecule has 0 radical (unpaired) electrons. The van der Waals surface area contributed by atoms with Crippen LogP contribution in [-0.4, -0.2) is 47.3 Å². The zero-order valence-electron chi connectivity index (χ0n) is 14.9. The lowest BCUT2D eigenvalue weighted by Gasteiger charge is -2.35. The van der Waals surface area contributed by atoms with Crippen molar-refractivity contribution < 1.29 is 9.47 Å². The summed E-state index contributed by atoms with van der Waals surface area (Å²) in [6, 6.07) is 13.3. The van der Waals surface area contributed by atoms with E-state index in [1.54, 1.807) is 16.7 Å². The first-order valence-corrected chi connectivity index (χ1v) is 9.10. The van der Waals surface area contributed by atoms with Gasteiger partial charge in [-0.1, -0.05) is 12.1 Å². The minimum Gasteiger partial charge on any atom is -0.454 e. The Labute approximate surface area is 156 Å². The molecule has 0 saturated carbocycles. The Hall–Kier alpha value is -3.06. The number of anilines is 1. The highest BCUT2D eigenvalue weighted by Crippen LogP contribution is 2.32. The maximum Gasteiger partial charge on any atom is 0.259 e. The van der Waals surface area contributed by atoms with Crippen molar-refractivity contribution in [1.29, 1.82) is 0 Å². The van der Waals surface area contributed by atoms with Gasteiger partial charge < -0.3 is 14.4 Å². The van der Waals surface area contributed by atoms with Crippen molar-refractivity contribution in [3.63, 3.8) is 0 Å². The lowest BCUT2D eigenvalue weighted by atomic mass is 10.1. The van der Waals surface area contributed by atoms with Crippen LogP contribution < -0.4 is 19.9 Å². The molecule has 1 aromatic carbocycles. The van der Waals surface area contributed by atoms with Gasteiger partial charge >= 0.3 is 0 Å². The van der Waals surface area contributed by atoms with Crippen molar-refractivity contribution in [1.82, 2.24) is 14.3 Å². The highest BCUT2D eigenvalue weighted by Gasteiger charge is 2.20. The molecular formula is C20H20N4O3. The van der Waals surface area contributed by atoms with E-state index >= 15 is 0 Å². The molecule has 0 aliphatic carbocycles. The van der Waals surface area contributed by atoms with Crippen LogP contribution in [0.4, 0.5) is 5.82 Å². The maximum atomic E-state index is 12.3. The summed E-state index contributed by atoms with van der Waals surface area (Å²) < 4.78 is 12.4. The molecule has 0 bridgehead atoms. The maximum absolute atomic E-state index is 12.3. The van der Waals surface area contributed by atoms with Crippen LogP contribution in [0, 0.1) is 0 Å². The Bertz CT molecular complexity index is 1040. The summed E-state index contributed by atoms with van der Waals surface area (Å²) in [5.74, 6) is 2.40. The predicted molar refractivity (Wildman–Crippen MR) is 102 cm³/mol. The van der Waals surface area contributed by atoms with Gasteiger partial charge in [-0.05, 0) is 29.8 Å². The van der Waals surface area contributed by atoms with Crippen molar-refractivity contribution in [3.8, 4) is 11.5 Å². The summed E-state index contributed by atoms with van der Waals surface area (Å²) in [6.07, 6.45) is 1.75. The molecule has 3 aromatic rings. The van der Waals surface area contributed by atoms with Gasteiger partial charge in [0.05, 0.1) is 0 Å². The van der Waals surface area contributed by atoms with Gasteiger partial charge in [-0.25, -0.2) is 4.98 Å². The Morgan fingerprint density at radius 3 is 2.70 bits per heavy atom. The number of hydrogen-bond acceptors (Lipinski definition) is 6. The number of pyridine rings is 1. The molecule has 0 unspecified atom stereocenters. The zero-order chi connectivity index (χ0) is 18.2. The number of benzene rings is 1. The summed E-state index contributed by atoms with van der Waals surface area (Å²) in [7, 11) is 0. The predicted octanol–water partition coefficient (Wildman–Crippen LogP) is 1.75. The summed E-state index contributed by atoms with van der Waals surface area (Å²) >= 11 is 0.